The molecule has 4 aromatic heterocycles. The predicted molar refractivity (Wildman–Crippen MR) is 107 cm³/mol. The molecule has 4 heterocycles. The lowest BCUT2D eigenvalue weighted by Crippen LogP contribution is -2.09. The van der Waals surface area contributed by atoms with Gasteiger partial charge in [-0.15, -0.1) is 6.58 Å². The van der Waals surface area contributed by atoms with Crippen LogP contribution in [0.2, 0.25) is 0 Å². The van der Waals surface area contributed by atoms with Crippen LogP contribution in [0.25, 0.3) is 11.0 Å². The molecular formula is C20H21N7O2. The number of fused-ring (bicyclic) bond motifs is 1. The Bertz CT molecular complexity index is 1100. The summed E-state index contributed by atoms with van der Waals surface area (Å²) in [6.45, 7) is 5.04. The van der Waals surface area contributed by atoms with E-state index in [2.05, 4.69) is 41.6 Å². The molecule has 0 amide bonds. The van der Waals surface area contributed by atoms with Crippen LogP contribution in [0.5, 0.6) is 0 Å². The van der Waals surface area contributed by atoms with Crippen LogP contribution in [-0.4, -0.2) is 36.8 Å². The third kappa shape index (κ3) is 4.30. The number of ether oxygens (including phenoxy) is 1. The van der Waals surface area contributed by atoms with Gasteiger partial charge in [-0.05, 0) is 18.2 Å². The molecule has 148 valence electrons. The van der Waals surface area contributed by atoms with Gasteiger partial charge in [0.2, 0.25) is 0 Å². The van der Waals surface area contributed by atoms with E-state index in [1.165, 1.54) is 0 Å². The van der Waals surface area contributed by atoms with Gasteiger partial charge < -0.3 is 19.1 Å². The van der Waals surface area contributed by atoms with Crippen molar-refractivity contribution < 1.29 is 9.26 Å². The normalized spacial score (nSPS) is 11.1. The van der Waals surface area contributed by atoms with E-state index >= 15 is 0 Å². The van der Waals surface area contributed by atoms with E-state index in [1.54, 1.807) is 19.4 Å². The Labute approximate surface area is 167 Å². The van der Waals surface area contributed by atoms with Crippen molar-refractivity contribution in [2.24, 2.45) is 0 Å². The number of methoxy groups -OCH3 is 1. The van der Waals surface area contributed by atoms with Gasteiger partial charge in [0.15, 0.2) is 11.6 Å². The molecule has 0 aliphatic carbocycles. The highest BCUT2D eigenvalue weighted by molar-refractivity contribution is 5.86. The van der Waals surface area contributed by atoms with Crippen LogP contribution in [0.3, 0.4) is 0 Å². The highest BCUT2D eigenvalue weighted by Gasteiger charge is 2.14. The highest BCUT2D eigenvalue weighted by Crippen LogP contribution is 2.23. The molecule has 9 nitrogen and oxygen atoms in total. The summed E-state index contributed by atoms with van der Waals surface area (Å²) in [5.74, 6) is 2.35. The number of aromatic nitrogens is 6. The zero-order valence-corrected chi connectivity index (χ0v) is 16.1. The van der Waals surface area contributed by atoms with Gasteiger partial charge in [-0.25, -0.2) is 9.97 Å². The minimum absolute atomic E-state index is 0.279. The summed E-state index contributed by atoms with van der Waals surface area (Å²) in [5.41, 5.74) is 2.70. The minimum Gasteiger partial charge on any atom is -0.375 e. The summed E-state index contributed by atoms with van der Waals surface area (Å²) in [6, 6.07) is 7.84. The largest absolute Gasteiger partial charge is 0.375 e. The number of allylic oxidation sites excluding steroid dienone is 1. The fourth-order valence-corrected chi connectivity index (χ4v) is 3.00. The molecule has 4 rings (SSSR count). The first-order valence-electron chi connectivity index (χ1n) is 9.17. The number of hydrogen-bond donors (Lipinski definition) is 1. The topological polar surface area (TPSA) is 104 Å². The molecule has 9 heteroatoms. The Hall–Kier alpha value is -3.59. The highest BCUT2D eigenvalue weighted by atomic mass is 16.5. The van der Waals surface area contributed by atoms with Crippen molar-refractivity contribution in [3.05, 3.63) is 72.5 Å². The first kappa shape index (κ1) is 18.8. The van der Waals surface area contributed by atoms with Gasteiger partial charge in [-0.3, -0.25) is 4.98 Å². The summed E-state index contributed by atoms with van der Waals surface area (Å²) in [6.07, 6.45) is 6.14. The molecular weight excluding hydrogens is 370 g/mol. The summed E-state index contributed by atoms with van der Waals surface area (Å²) >= 11 is 0. The van der Waals surface area contributed by atoms with Crippen molar-refractivity contribution in [3.8, 4) is 0 Å². The van der Waals surface area contributed by atoms with Crippen LogP contribution < -0.4 is 5.32 Å². The number of anilines is 1. The number of hydrogen-bond acceptors (Lipinski definition) is 8. The van der Waals surface area contributed by atoms with Gasteiger partial charge >= 0.3 is 0 Å². The van der Waals surface area contributed by atoms with Crippen molar-refractivity contribution in [1.29, 1.82) is 0 Å². The van der Waals surface area contributed by atoms with Gasteiger partial charge in [0, 0.05) is 25.9 Å². The second-order valence-electron chi connectivity index (χ2n) is 6.37. The van der Waals surface area contributed by atoms with E-state index < -0.39 is 0 Å². The van der Waals surface area contributed by atoms with Crippen molar-refractivity contribution in [2.45, 2.75) is 26.1 Å². The van der Waals surface area contributed by atoms with Crippen LogP contribution in [0.15, 0.2) is 53.8 Å². The smallest absolute Gasteiger partial charge is 0.252 e. The van der Waals surface area contributed by atoms with E-state index in [-0.39, 0.29) is 6.61 Å². The number of rotatable bonds is 9. The first-order valence-corrected chi connectivity index (χ1v) is 9.17. The standard InChI is InChI=1S/C20H21N7O2/c1-3-6-16-23-15-8-10-27(12-14-7-4-5-9-21-14)19(15)20(25-16)22-11-17-24-18(13-28-2)29-26-17/h3-5,7-10H,1,6,11-13H2,2H3,(H,22,23,25). The van der Waals surface area contributed by atoms with Crippen molar-refractivity contribution in [2.75, 3.05) is 12.4 Å². The van der Waals surface area contributed by atoms with Crippen LogP contribution in [0, 0.1) is 0 Å². The zero-order valence-electron chi connectivity index (χ0n) is 16.1. The summed E-state index contributed by atoms with van der Waals surface area (Å²) in [4.78, 5) is 18.0. The van der Waals surface area contributed by atoms with E-state index in [0.29, 0.717) is 42.9 Å². The second-order valence-corrected chi connectivity index (χ2v) is 6.37. The molecule has 29 heavy (non-hydrogen) atoms. The summed E-state index contributed by atoms with van der Waals surface area (Å²) < 4.78 is 12.2. The predicted octanol–water partition coefficient (Wildman–Crippen LogP) is 2.74. The SMILES string of the molecule is C=CCc1nc(NCc2noc(COC)n2)c2c(ccn2Cc2ccccn2)n1. The van der Waals surface area contributed by atoms with Gasteiger partial charge in [-0.1, -0.05) is 17.3 Å². The Kier molecular flexibility index (Phi) is 5.57. The second kappa shape index (κ2) is 8.61. The minimum atomic E-state index is 0.279. The summed E-state index contributed by atoms with van der Waals surface area (Å²) in [5, 5.41) is 7.28. The third-order valence-corrected chi connectivity index (χ3v) is 4.23. The molecule has 0 saturated heterocycles. The van der Waals surface area contributed by atoms with E-state index in [4.69, 9.17) is 9.26 Å². The molecule has 0 bridgehead atoms. The van der Waals surface area contributed by atoms with E-state index in [0.717, 1.165) is 16.7 Å². The monoisotopic (exact) mass is 391 g/mol. The molecule has 4 aromatic rings. The molecule has 0 aromatic carbocycles. The fraction of sp³-hybridized carbons (Fsp3) is 0.250. The molecule has 0 unspecified atom stereocenters. The lowest BCUT2D eigenvalue weighted by atomic mass is 10.3. The molecule has 1 N–H and O–H groups in total. The third-order valence-electron chi connectivity index (χ3n) is 4.23. The van der Waals surface area contributed by atoms with Gasteiger partial charge in [0.1, 0.15) is 17.9 Å². The van der Waals surface area contributed by atoms with Crippen LogP contribution in [0.1, 0.15) is 23.2 Å². The Morgan fingerprint density at radius 3 is 2.93 bits per heavy atom. The van der Waals surface area contributed by atoms with Crippen molar-refractivity contribution in [1.82, 2.24) is 29.7 Å². The van der Waals surface area contributed by atoms with Crippen molar-refractivity contribution in [3.63, 3.8) is 0 Å². The molecule has 0 fully saturated rings. The molecule has 0 radical (unpaired) electrons. The van der Waals surface area contributed by atoms with Crippen LogP contribution in [-0.2, 0) is 30.9 Å². The Morgan fingerprint density at radius 1 is 1.21 bits per heavy atom. The fourth-order valence-electron chi connectivity index (χ4n) is 3.00. The Balaban J connectivity index is 1.65. The Morgan fingerprint density at radius 2 is 2.14 bits per heavy atom. The lowest BCUT2D eigenvalue weighted by Gasteiger charge is -2.11. The van der Waals surface area contributed by atoms with Crippen molar-refractivity contribution >= 4 is 16.9 Å². The quantitative estimate of drug-likeness (QED) is 0.434. The lowest BCUT2D eigenvalue weighted by molar-refractivity contribution is 0.151. The molecule has 0 aliphatic heterocycles. The number of pyridine rings is 1. The molecule has 0 saturated carbocycles. The molecule has 0 aliphatic rings. The van der Waals surface area contributed by atoms with E-state index in [9.17, 15) is 0 Å². The van der Waals surface area contributed by atoms with Crippen LogP contribution >= 0.6 is 0 Å². The van der Waals surface area contributed by atoms with Crippen LogP contribution in [0.4, 0.5) is 5.82 Å². The van der Waals surface area contributed by atoms with E-state index in [1.807, 2.05) is 30.5 Å². The maximum absolute atomic E-state index is 5.15. The van der Waals surface area contributed by atoms with Gasteiger partial charge in [0.25, 0.3) is 5.89 Å². The maximum Gasteiger partial charge on any atom is 0.252 e. The first-order chi connectivity index (χ1) is 14.3. The number of nitrogens with zero attached hydrogens (tertiary/aromatic N) is 6. The molecule has 0 spiro atoms. The maximum atomic E-state index is 5.15. The summed E-state index contributed by atoms with van der Waals surface area (Å²) in [7, 11) is 1.58. The average Bonchev–Trinajstić information content (AvgIpc) is 3.35. The van der Waals surface area contributed by atoms with Gasteiger partial charge in [0.05, 0.1) is 24.3 Å². The zero-order chi connectivity index (χ0) is 20.1. The average molecular weight is 391 g/mol. The number of nitrogens with one attached hydrogen (secondary N) is 1. The molecule has 0 atom stereocenters. The van der Waals surface area contributed by atoms with Gasteiger partial charge in [-0.2, -0.15) is 4.98 Å².